The molecule has 0 aliphatic heterocycles. The van der Waals surface area contributed by atoms with E-state index in [1.54, 1.807) is 44.9 Å². The number of hydrogen-bond donors (Lipinski definition) is 0. The molecule has 4 saturated carbocycles. The summed E-state index contributed by atoms with van der Waals surface area (Å²) >= 11 is 0. The minimum absolute atomic E-state index is 0.942. The average Bonchev–Trinajstić information content (AvgIpc) is 3.26. The molecule has 5 rings (SSSR count). The van der Waals surface area contributed by atoms with Crippen LogP contribution >= 0.6 is 0 Å². The number of nitrogens with zero attached hydrogens (tertiary/aromatic N) is 1. The maximum Gasteiger partial charge on any atom is 0.0299 e. The zero-order valence-corrected chi connectivity index (χ0v) is 20.1. The Balaban J connectivity index is 0.00000106. The number of aromatic nitrogens is 1. The van der Waals surface area contributed by atoms with Crippen LogP contribution in [0.25, 0.3) is 0 Å². The second-order valence-electron chi connectivity index (χ2n) is 10.8. The van der Waals surface area contributed by atoms with Crippen LogP contribution in [0.4, 0.5) is 0 Å². The molecule has 0 aromatic carbocycles. The zero-order chi connectivity index (χ0) is 20.9. The largest absolute Gasteiger partial charge is 0.264 e. The fourth-order valence-electron chi connectivity index (χ4n) is 8.74. The summed E-state index contributed by atoms with van der Waals surface area (Å²) in [4.78, 5) is 4.33. The summed E-state index contributed by atoms with van der Waals surface area (Å²) in [6.45, 7) is 6.46. The van der Waals surface area contributed by atoms with Crippen molar-refractivity contribution in [2.45, 2.75) is 104 Å². The van der Waals surface area contributed by atoms with Gasteiger partial charge in [-0.2, -0.15) is 0 Å². The molecule has 1 aromatic rings. The summed E-state index contributed by atoms with van der Waals surface area (Å²) in [7, 11) is 0. The van der Waals surface area contributed by atoms with Crippen LogP contribution in [0, 0.1) is 47.3 Å². The van der Waals surface area contributed by atoms with Crippen molar-refractivity contribution >= 4 is 0 Å². The summed E-state index contributed by atoms with van der Waals surface area (Å²) in [6.07, 6.45) is 23.6. The average molecular weight is 410 g/mol. The van der Waals surface area contributed by atoms with Gasteiger partial charge >= 0.3 is 0 Å². The Labute approximate surface area is 186 Å². The van der Waals surface area contributed by atoms with Crippen LogP contribution in [-0.4, -0.2) is 4.98 Å². The van der Waals surface area contributed by atoms with Crippen LogP contribution in [0.5, 0.6) is 0 Å². The lowest BCUT2D eigenvalue weighted by molar-refractivity contribution is -0.0288. The van der Waals surface area contributed by atoms with Gasteiger partial charge in [0.05, 0.1) is 0 Å². The van der Waals surface area contributed by atoms with E-state index in [4.69, 9.17) is 0 Å². The van der Waals surface area contributed by atoms with Gasteiger partial charge in [-0.05, 0) is 117 Å². The molecule has 0 bridgehead atoms. The van der Waals surface area contributed by atoms with Crippen molar-refractivity contribution in [3.63, 3.8) is 0 Å². The first-order valence-corrected chi connectivity index (χ1v) is 13.7. The van der Waals surface area contributed by atoms with Crippen LogP contribution < -0.4 is 0 Å². The molecule has 0 amide bonds. The first kappa shape index (κ1) is 22.3. The summed E-state index contributed by atoms with van der Waals surface area (Å²) in [5, 5.41) is 0. The second-order valence-corrected chi connectivity index (χ2v) is 10.8. The van der Waals surface area contributed by atoms with Crippen molar-refractivity contribution in [3.05, 3.63) is 30.1 Å². The van der Waals surface area contributed by atoms with Crippen LogP contribution in [-0.2, 0) is 6.42 Å². The van der Waals surface area contributed by atoms with Gasteiger partial charge in [0, 0.05) is 12.4 Å². The molecule has 1 heterocycles. The fraction of sp³-hybridized carbons (Fsp3) is 0.828. The van der Waals surface area contributed by atoms with E-state index in [9.17, 15) is 0 Å². The molecule has 8 atom stereocenters. The van der Waals surface area contributed by atoms with E-state index in [1.807, 2.05) is 20.0 Å². The lowest BCUT2D eigenvalue weighted by Crippen LogP contribution is -2.44. The SMILES string of the molecule is CC.CCC(CCc1cccnc1)C1CCC2C1CCC1C3CCCCC3CCC12. The lowest BCUT2D eigenvalue weighted by atomic mass is 9.53. The Morgan fingerprint density at radius 1 is 0.833 bits per heavy atom. The highest BCUT2D eigenvalue weighted by atomic mass is 14.6. The van der Waals surface area contributed by atoms with Crippen molar-refractivity contribution in [3.8, 4) is 0 Å². The van der Waals surface area contributed by atoms with Crippen molar-refractivity contribution in [2.24, 2.45) is 47.3 Å². The minimum atomic E-state index is 0.942. The molecule has 1 nitrogen and oxygen atoms in total. The molecule has 4 fully saturated rings. The highest BCUT2D eigenvalue weighted by Crippen LogP contribution is 2.60. The summed E-state index contributed by atoms with van der Waals surface area (Å²) in [5.41, 5.74) is 1.44. The van der Waals surface area contributed by atoms with E-state index < -0.39 is 0 Å². The van der Waals surface area contributed by atoms with Crippen LogP contribution in [0.15, 0.2) is 24.5 Å². The maximum absolute atomic E-state index is 4.33. The molecule has 1 aromatic heterocycles. The predicted octanol–water partition coefficient (Wildman–Crippen LogP) is 8.34. The van der Waals surface area contributed by atoms with Gasteiger partial charge in [-0.15, -0.1) is 0 Å². The fourth-order valence-corrected chi connectivity index (χ4v) is 8.74. The third kappa shape index (κ3) is 4.51. The summed E-state index contributed by atoms with van der Waals surface area (Å²) in [5.74, 6) is 8.61. The van der Waals surface area contributed by atoms with Gasteiger partial charge in [0.2, 0.25) is 0 Å². The van der Waals surface area contributed by atoms with Gasteiger partial charge in [0.15, 0.2) is 0 Å². The minimum Gasteiger partial charge on any atom is -0.264 e. The molecule has 8 unspecified atom stereocenters. The molecular formula is C29H47N. The van der Waals surface area contributed by atoms with Gasteiger partial charge in [-0.3, -0.25) is 4.98 Å². The van der Waals surface area contributed by atoms with E-state index >= 15 is 0 Å². The van der Waals surface area contributed by atoms with E-state index in [-0.39, 0.29) is 0 Å². The molecule has 0 spiro atoms. The lowest BCUT2D eigenvalue weighted by Gasteiger charge is -2.52. The standard InChI is InChI=1S/C27H41N.C2H6/c1-2-20(10-9-19-6-5-17-28-18-19)23-13-14-27-25(23)16-15-24-22-8-4-3-7-21(22)11-12-26(24)27;1-2/h5-6,17-18,20-27H,2-4,7-16H2,1H3;1-2H3. The quantitative estimate of drug-likeness (QED) is 0.476. The van der Waals surface area contributed by atoms with Gasteiger partial charge < -0.3 is 0 Å². The van der Waals surface area contributed by atoms with Gasteiger partial charge in [0.1, 0.15) is 0 Å². The normalized spacial score (nSPS) is 38.4. The van der Waals surface area contributed by atoms with Gasteiger partial charge in [-0.1, -0.05) is 52.5 Å². The van der Waals surface area contributed by atoms with Crippen LogP contribution in [0.2, 0.25) is 0 Å². The number of aryl methyl sites for hydroxylation is 1. The van der Waals surface area contributed by atoms with Crippen molar-refractivity contribution in [1.29, 1.82) is 0 Å². The van der Waals surface area contributed by atoms with E-state index in [2.05, 4.69) is 30.2 Å². The van der Waals surface area contributed by atoms with Crippen molar-refractivity contribution in [2.75, 3.05) is 0 Å². The summed E-state index contributed by atoms with van der Waals surface area (Å²) in [6, 6.07) is 4.37. The van der Waals surface area contributed by atoms with Crippen molar-refractivity contribution in [1.82, 2.24) is 4.98 Å². The third-order valence-corrected chi connectivity index (χ3v) is 9.91. The topological polar surface area (TPSA) is 12.9 Å². The first-order chi connectivity index (χ1) is 14.8. The number of pyridine rings is 1. The van der Waals surface area contributed by atoms with Gasteiger partial charge in [0.25, 0.3) is 0 Å². The number of fused-ring (bicyclic) bond motifs is 5. The Hall–Kier alpha value is -0.850. The van der Waals surface area contributed by atoms with Crippen LogP contribution in [0.3, 0.4) is 0 Å². The Bertz CT molecular complexity index is 625. The van der Waals surface area contributed by atoms with E-state index in [0.29, 0.717) is 0 Å². The van der Waals surface area contributed by atoms with Gasteiger partial charge in [-0.25, -0.2) is 0 Å². The number of rotatable bonds is 5. The number of hydrogen-bond acceptors (Lipinski definition) is 1. The molecule has 30 heavy (non-hydrogen) atoms. The van der Waals surface area contributed by atoms with E-state index in [1.165, 1.54) is 44.1 Å². The third-order valence-electron chi connectivity index (χ3n) is 9.91. The maximum atomic E-state index is 4.33. The summed E-state index contributed by atoms with van der Waals surface area (Å²) < 4.78 is 0. The van der Waals surface area contributed by atoms with Crippen LogP contribution in [0.1, 0.15) is 103 Å². The first-order valence-electron chi connectivity index (χ1n) is 13.7. The highest BCUT2D eigenvalue weighted by Gasteiger charge is 2.51. The van der Waals surface area contributed by atoms with Crippen molar-refractivity contribution < 1.29 is 0 Å². The Morgan fingerprint density at radius 2 is 1.53 bits per heavy atom. The molecule has 0 saturated heterocycles. The monoisotopic (exact) mass is 409 g/mol. The Morgan fingerprint density at radius 3 is 2.33 bits per heavy atom. The predicted molar refractivity (Wildman–Crippen MR) is 128 cm³/mol. The highest BCUT2D eigenvalue weighted by molar-refractivity contribution is 5.09. The van der Waals surface area contributed by atoms with E-state index in [0.717, 1.165) is 47.3 Å². The second kappa shape index (κ2) is 10.6. The smallest absolute Gasteiger partial charge is 0.0299 e. The Kier molecular flexibility index (Phi) is 7.93. The molecular weight excluding hydrogens is 362 g/mol. The molecule has 1 heteroatoms. The molecule has 4 aliphatic rings. The molecule has 4 aliphatic carbocycles. The molecule has 0 N–H and O–H groups in total. The zero-order valence-electron chi connectivity index (χ0n) is 20.1. The molecule has 168 valence electrons. The molecule has 0 radical (unpaired) electrons.